The van der Waals surface area contributed by atoms with E-state index in [0.29, 0.717) is 36.0 Å². The minimum Gasteiger partial charge on any atom is -0.461 e. The molecule has 30 heavy (non-hydrogen) atoms. The van der Waals surface area contributed by atoms with Crippen LogP contribution in [0.5, 0.6) is 0 Å². The van der Waals surface area contributed by atoms with Crippen LogP contribution in [0, 0.1) is 0 Å². The third-order valence-electron chi connectivity index (χ3n) is 4.29. The number of sulfone groups is 1. The highest BCUT2D eigenvalue weighted by Crippen LogP contribution is 2.14. The van der Waals surface area contributed by atoms with Crippen molar-refractivity contribution in [3.63, 3.8) is 0 Å². The average Bonchev–Trinajstić information content (AvgIpc) is 3.39. The molecule has 160 valence electrons. The molecule has 0 unspecified atom stereocenters. The molecule has 0 aliphatic heterocycles. The molecular weight excluding hydrogens is 404 g/mol. The number of H-pyrrole nitrogens is 1. The van der Waals surface area contributed by atoms with E-state index in [9.17, 15) is 8.42 Å². The van der Waals surface area contributed by atoms with Gasteiger partial charge >= 0.3 is 0 Å². The van der Waals surface area contributed by atoms with Gasteiger partial charge in [-0.1, -0.05) is 12.1 Å². The van der Waals surface area contributed by atoms with Crippen molar-refractivity contribution in [3.8, 4) is 11.6 Å². The summed E-state index contributed by atoms with van der Waals surface area (Å²) in [6, 6.07) is 10.6. The molecule has 0 saturated heterocycles. The molecule has 0 atom stereocenters. The summed E-state index contributed by atoms with van der Waals surface area (Å²) >= 11 is 0. The molecule has 0 aliphatic carbocycles. The lowest BCUT2D eigenvalue weighted by Crippen LogP contribution is -2.38. The molecule has 2 aromatic heterocycles. The molecule has 10 heteroatoms. The van der Waals surface area contributed by atoms with Gasteiger partial charge in [-0.05, 0) is 43.2 Å². The lowest BCUT2D eigenvalue weighted by Gasteiger charge is -2.11. The molecule has 2 heterocycles. The molecule has 0 fully saturated rings. The lowest BCUT2D eigenvalue weighted by atomic mass is 10.1. The Balaban J connectivity index is 1.48. The molecule has 1 aromatic carbocycles. The maximum atomic E-state index is 11.5. The van der Waals surface area contributed by atoms with E-state index in [1.54, 1.807) is 24.5 Å². The SMILES string of the molecule is CCNC(=NCCc1nc(-c2ccco2)n[nH]1)NCCc1ccc(S(C)(=O)=O)cc1. The monoisotopic (exact) mass is 430 g/mol. The predicted octanol–water partition coefficient (Wildman–Crippen LogP) is 1.81. The van der Waals surface area contributed by atoms with E-state index in [0.717, 1.165) is 30.3 Å². The maximum absolute atomic E-state index is 11.5. The van der Waals surface area contributed by atoms with Crippen LogP contribution in [0.1, 0.15) is 18.3 Å². The first kappa shape index (κ1) is 21.6. The van der Waals surface area contributed by atoms with E-state index >= 15 is 0 Å². The largest absolute Gasteiger partial charge is 0.461 e. The predicted molar refractivity (Wildman–Crippen MR) is 115 cm³/mol. The van der Waals surface area contributed by atoms with Gasteiger partial charge in [0.1, 0.15) is 5.82 Å². The third-order valence-corrected chi connectivity index (χ3v) is 5.42. The Hall–Kier alpha value is -3.14. The van der Waals surface area contributed by atoms with Crippen LogP contribution < -0.4 is 10.6 Å². The van der Waals surface area contributed by atoms with Crippen LogP contribution in [0.2, 0.25) is 0 Å². The number of nitrogens with one attached hydrogen (secondary N) is 3. The maximum Gasteiger partial charge on any atom is 0.216 e. The van der Waals surface area contributed by atoms with Crippen LogP contribution in [-0.4, -0.2) is 55.4 Å². The van der Waals surface area contributed by atoms with Crippen molar-refractivity contribution >= 4 is 15.8 Å². The number of benzene rings is 1. The molecule has 0 aliphatic rings. The summed E-state index contributed by atoms with van der Waals surface area (Å²) in [5.41, 5.74) is 1.05. The highest BCUT2D eigenvalue weighted by molar-refractivity contribution is 7.90. The fourth-order valence-corrected chi connectivity index (χ4v) is 3.40. The third kappa shape index (κ3) is 6.18. The number of hydrogen-bond donors (Lipinski definition) is 3. The van der Waals surface area contributed by atoms with Gasteiger partial charge in [-0.2, -0.15) is 5.10 Å². The van der Waals surface area contributed by atoms with Crippen LogP contribution in [0.25, 0.3) is 11.6 Å². The molecule has 3 rings (SSSR count). The molecule has 3 N–H and O–H groups in total. The van der Waals surface area contributed by atoms with E-state index in [4.69, 9.17) is 4.42 Å². The zero-order chi connectivity index (χ0) is 21.4. The zero-order valence-corrected chi connectivity index (χ0v) is 17.9. The first-order valence-corrected chi connectivity index (χ1v) is 11.6. The molecular formula is C20H26N6O3S. The Bertz CT molecular complexity index is 1060. The summed E-state index contributed by atoms with van der Waals surface area (Å²) in [5.74, 6) is 2.62. The molecule has 0 bridgehead atoms. The van der Waals surface area contributed by atoms with Gasteiger partial charge in [0.05, 0.1) is 11.2 Å². The second-order valence-corrected chi connectivity index (χ2v) is 8.70. The van der Waals surface area contributed by atoms with Gasteiger partial charge in [0.25, 0.3) is 0 Å². The summed E-state index contributed by atoms with van der Waals surface area (Å²) < 4.78 is 28.4. The summed E-state index contributed by atoms with van der Waals surface area (Å²) in [5, 5.41) is 13.6. The van der Waals surface area contributed by atoms with Crippen molar-refractivity contribution < 1.29 is 12.8 Å². The van der Waals surface area contributed by atoms with Gasteiger partial charge in [-0.15, -0.1) is 0 Å². The summed E-state index contributed by atoms with van der Waals surface area (Å²) in [6.07, 6.45) is 4.17. The fourth-order valence-electron chi connectivity index (χ4n) is 2.77. The number of aromatic amines is 1. The van der Waals surface area contributed by atoms with E-state index in [-0.39, 0.29) is 0 Å². The van der Waals surface area contributed by atoms with Gasteiger partial charge in [-0.25, -0.2) is 13.4 Å². The van der Waals surface area contributed by atoms with Gasteiger partial charge in [0.15, 0.2) is 21.6 Å². The van der Waals surface area contributed by atoms with Gasteiger partial charge < -0.3 is 15.1 Å². The van der Waals surface area contributed by atoms with Crippen LogP contribution in [0.15, 0.2) is 57.0 Å². The minimum absolute atomic E-state index is 0.330. The first-order valence-electron chi connectivity index (χ1n) is 9.72. The molecule has 0 spiro atoms. The number of furan rings is 1. The van der Waals surface area contributed by atoms with Gasteiger partial charge in [0, 0.05) is 32.3 Å². The fraction of sp³-hybridized carbons (Fsp3) is 0.350. The highest BCUT2D eigenvalue weighted by atomic mass is 32.2. The van der Waals surface area contributed by atoms with Gasteiger partial charge in [-0.3, -0.25) is 10.1 Å². The zero-order valence-electron chi connectivity index (χ0n) is 17.1. The quantitative estimate of drug-likeness (QED) is 0.349. The first-order chi connectivity index (χ1) is 14.5. The van der Waals surface area contributed by atoms with Crippen molar-refractivity contribution in [1.29, 1.82) is 0 Å². The van der Waals surface area contributed by atoms with Crippen LogP contribution >= 0.6 is 0 Å². The average molecular weight is 431 g/mol. The standard InChI is InChI=1S/C20H26N6O3S/c1-3-21-20(22-12-10-15-6-8-16(9-7-15)30(2,27)28)23-13-11-18-24-19(26-25-18)17-5-4-14-29-17/h4-9,14H,3,10-13H2,1-2H3,(H2,21,22,23)(H,24,25,26). The number of hydrogen-bond acceptors (Lipinski definition) is 6. The topological polar surface area (TPSA) is 125 Å². The van der Waals surface area contributed by atoms with Crippen molar-refractivity contribution in [2.75, 3.05) is 25.9 Å². The Kier molecular flexibility index (Phi) is 7.23. The number of rotatable bonds is 9. The Labute approximate surface area is 175 Å². The van der Waals surface area contributed by atoms with Crippen molar-refractivity contribution in [3.05, 3.63) is 54.0 Å². The van der Waals surface area contributed by atoms with Crippen LogP contribution in [0.4, 0.5) is 0 Å². The molecule has 0 radical (unpaired) electrons. The van der Waals surface area contributed by atoms with E-state index in [1.165, 1.54) is 6.26 Å². The molecule has 9 nitrogen and oxygen atoms in total. The van der Waals surface area contributed by atoms with E-state index in [1.807, 2.05) is 25.1 Å². The minimum atomic E-state index is -3.17. The number of aliphatic imine (C=N–C) groups is 1. The smallest absolute Gasteiger partial charge is 0.216 e. The van der Waals surface area contributed by atoms with Crippen molar-refractivity contribution in [2.24, 2.45) is 4.99 Å². The number of nitrogens with zero attached hydrogens (tertiary/aromatic N) is 3. The second kappa shape index (κ2) is 10.1. The normalized spacial score (nSPS) is 12.1. The second-order valence-electron chi connectivity index (χ2n) is 6.69. The molecule has 3 aromatic rings. The summed E-state index contributed by atoms with van der Waals surface area (Å²) in [6.45, 7) is 3.98. The highest BCUT2D eigenvalue weighted by Gasteiger charge is 2.08. The van der Waals surface area contributed by atoms with Gasteiger partial charge in [0.2, 0.25) is 5.82 Å². The van der Waals surface area contributed by atoms with Crippen molar-refractivity contribution in [1.82, 2.24) is 25.8 Å². The van der Waals surface area contributed by atoms with E-state index < -0.39 is 9.84 Å². The number of guanidine groups is 1. The number of aromatic nitrogens is 3. The van der Waals surface area contributed by atoms with Crippen LogP contribution in [0.3, 0.4) is 0 Å². The van der Waals surface area contributed by atoms with E-state index in [2.05, 4.69) is 30.8 Å². The lowest BCUT2D eigenvalue weighted by molar-refractivity contribution is 0.577. The summed E-state index contributed by atoms with van der Waals surface area (Å²) in [4.78, 5) is 9.30. The van der Waals surface area contributed by atoms with Crippen LogP contribution in [-0.2, 0) is 22.7 Å². The molecule has 0 amide bonds. The Morgan fingerprint density at radius 3 is 2.63 bits per heavy atom. The Morgan fingerprint density at radius 2 is 1.97 bits per heavy atom. The Morgan fingerprint density at radius 1 is 1.17 bits per heavy atom. The summed E-state index contributed by atoms with van der Waals surface area (Å²) in [7, 11) is -3.17. The molecule has 0 saturated carbocycles. The van der Waals surface area contributed by atoms with Crippen molar-refractivity contribution in [2.45, 2.75) is 24.7 Å².